The average Bonchev–Trinajstić information content (AvgIpc) is 2.70. The highest BCUT2D eigenvalue weighted by molar-refractivity contribution is 9.10. The molecule has 7 heteroatoms. The van der Waals surface area contributed by atoms with Gasteiger partial charge in [0.25, 0.3) is 0 Å². The van der Waals surface area contributed by atoms with Crippen molar-refractivity contribution in [3.05, 3.63) is 27.7 Å². The van der Waals surface area contributed by atoms with Crippen molar-refractivity contribution >= 4 is 45.0 Å². The summed E-state index contributed by atoms with van der Waals surface area (Å²) >= 11 is 9.29. The van der Waals surface area contributed by atoms with Crippen LogP contribution in [0.5, 0.6) is 0 Å². The number of rotatable bonds is 1. The fourth-order valence-electron chi connectivity index (χ4n) is 1.96. The van der Waals surface area contributed by atoms with E-state index in [2.05, 4.69) is 26.6 Å². The van der Waals surface area contributed by atoms with Crippen molar-refractivity contribution in [2.75, 3.05) is 31.5 Å². The van der Waals surface area contributed by atoms with Crippen LogP contribution in [0.1, 0.15) is 6.42 Å². The third-order valence-electron chi connectivity index (χ3n) is 3.00. The Morgan fingerprint density at radius 2 is 2.10 bits per heavy atom. The molecule has 5 nitrogen and oxygen atoms in total. The van der Waals surface area contributed by atoms with Crippen molar-refractivity contribution in [2.24, 2.45) is 0 Å². The number of carbonyl (C=O) groups is 2. The summed E-state index contributed by atoms with van der Waals surface area (Å²) in [4.78, 5) is 25.6. The van der Waals surface area contributed by atoms with E-state index in [1.807, 2.05) is 0 Å². The van der Waals surface area contributed by atoms with Crippen LogP contribution in [-0.4, -0.2) is 42.9 Å². The van der Waals surface area contributed by atoms with Gasteiger partial charge >= 0.3 is 11.8 Å². The first-order valence-electron chi connectivity index (χ1n) is 6.34. The van der Waals surface area contributed by atoms with E-state index in [0.717, 1.165) is 17.4 Å². The first-order valence-corrected chi connectivity index (χ1v) is 7.51. The number of halogens is 2. The molecule has 0 aromatic heterocycles. The first kappa shape index (κ1) is 15.3. The number of anilines is 1. The molecule has 0 saturated carbocycles. The Labute approximate surface area is 130 Å². The molecule has 0 radical (unpaired) electrons. The second-order valence-electron chi connectivity index (χ2n) is 4.47. The molecule has 0 atom stereocenters. The Kier molecular flexibility index (Phi) is 5.39. The molecular weight excluding hydrogens is 346 g/mol. The van der Waals surface area contributed by atoms with Crippen molar-refractivity contribution in [2.45, 2.75) is 6.42 Å². The number of nitrogens with one attached hydrogen (secondary N) is 2. The number of benzene rings is 1. The van der Waals surface area contributed by atoms with Crippen molar-refractivity contribution in [3.63, 3.8) is 0 Å². The second kappa shape index (κ2) is 7.06. The van der Waals surface area contributed by atoms with Gasteiger partial charge in [-0.05, 0) is 31.2 Å². The van der Waals surface area contributed by atoms with Gasteiger partial charge < -0.3 is 15.5 Å². The lowest BCUT2D eigenvalue weighted by atomic mass is 10.3. The molecule has 1 aromatic rings. The Bertz CT molecular complexity index is 516. The lowest BCUT2D eigenvalue weighted by molar-refractivity contribution is -0.143. The summed E-state index contributed by atoms with van der Waals surface area (Å²) in [5.74, 6) is -1.18. The molecule has 2 amide bonds. The Balaban J connectivity index is 2.01. The summed E-state index contributed by atoms with van der Waals surface area (Å²) in [6.07, 6.45) is 0.845. The maximum atomic E-state index is 12.1. The van der Waals surface area contributed by atoms with Gasteiger partial charge in [0.2, 0.25) is 0 Å². The Morgan fingerprint density at radius 1 is 1.30 bits per heavy atom. The molecule has 1 aromatic carbocycles. The van der Waals surface area contributed by atoms with Gasteiger partial charge in [0.05, 0.1) is 10.7 Å². The second-order valence-corrected chi connectivity index (χ2v) is 5.80. The summed E-state index contributed by atoms with van der Waals surface area (Å²) in [7, 11) is 0. The lowest BCUT2D eigenvalue weighted by Crippen LogP contribution is -2.41. The Hall–Kier alpha value is -1.11. The predicted octanol–water partition coefficient (Wildman–Crippen LogP) is 1.86. The average molecular weight is 361 g/mol. The van der Waals surface area contributed by atoms with Crippen molar-refractivity contribution in [3.8, 4) is 0 Å². The van der Waals surface area contributed by atoms with Crippen LogP contribution in [0, 0.1) is 0 Å². The maximum Gasteiger partial charge on any atom is 0.313 e. The minimum Gasteiger partial charge on any atom is -0.333 e. The van der Waals surface area contributed by atoms with Crippen LogP contribution in [0.25, 0.3) is 0 Å². The largest absolute Gasteiger partial charge is 0.333 e. The van der Waals surface area contributed by atoms with Crippen molar-refractivity contribution in [1.82, 2.24) is 10.2 Å². The number of amides is 2. The molecule has 2 rings (SSSR count). The molecule has 0 spiro atoms. The summed E-state index contributed by atoms with van der Waals surface area (Å²) in [6, 6.07) is 5.07. The summed E-state index contributed by atoms with van der Waals surface area (Å²) in [5.41, 5.74) is 0.432. The van der Waals surface area contributed by atoms with Gasteiger partial charge in [-0.15, -0.1) is 0 Å². The number of nitrogens with zero attached hydrogens (tertiary/aromatic N) is 1. The van der Waals surface area contributed by atoms with Crippen LogP contribution in [0.4, 0.5) is 5.69 Å². The third kappa shape index (κ3) is 3.94. The quantitative estimate of drug-likeness (QED) is 0.752. The van der Waals surface area contributed by atoms with Gasteiger partial charge in [0.1, 0.15) is 0 Å². The van der Waals surface area contributed by atoms with Crippen LogP contribution in [0.15, 0.2) is 22.7 Å². The predicted molar refractivity (Wildman–Crippen MR) is 81.8 cm³/mol. The molecule has 1 saturated heterocycles. The van der Waals surface area contributed by atoms with Gasteiger partial charge in [-0.3, -0.25) is 9.59 Å². The van der Waals surface area contributed by atoms with Crippen LogP contribution in [0.2, 0.25) is 5.02 Å². The van der Waals surface area contributed by atoms with Crippen LogP contribution in [-0.2, 0) is 9.59 Å². The molecular formula is C13H15BrClN3O2. The fraction of sp³-hybridized carbons (Fsp3) is 0.385. The minimum absolute atomic E-state index is 0.387. The molecule has 1 aliphatic heterocycles. The lowest BCUT2D eigenvalue weighted by Gasteiger charge is -2.19. The molecule has 1 fully saturated rings. The fourth-order valence-corrected chi connectivity index (χ4v) is 2.68. The van der Waals surface area contributed by atoms with E-state index in [-0.39, 0.29) is 0 Å². The molecule has 0 unspecified atom stereocenters. The first-order chi connectivity index (χ1) is 9.58. The van der Waals surface area contributed by atoms with Crippen LogP contribution < -0.4 is 10.6 Å². The van der Waals surface area contributed by atoms with Crippen LogP contribution >= 0.6 is 27.5 Å². The number of hydrogen-bond donors (Lipinski definition) is 2. The van der Waals surface area contributed by atoms with Gasteiger partial charge in [-0.1, -0.05) is 27.5 Å². The molecule has 2 N–H and O–H groups in total. The van der Waals surface area contributed by atoms with Crippen LogP contribution in [0.3, 0.4) is 0 Å². The standard InChI is InChI=1S/C13H15BrClN3O2/c14-9-2-3-11(10(15)8-9)17-12(19)13(20)18-6-1-4-16-5-7-18/h2-3,8,16H,1,4-7H2,(H,17,19). The van der Waals surface area contributed by atoms with Gasteiger partial charge in [-0.2, -0.15) is 0 Å². The highest BCUT2D eigenvalue weighted by Crippen LogP contribution is 2.25. The van der Waals surface area contributed by atoms with Gasteiger partial charge in [0, 0.05) is 24.1 Å². The highest BCUT2D eigenvalue weighted by Gasteiger charge is 2.23. The monoisotopic (exact) mass is 359 g/mol. The Morgan fingerprint density at radius 3 is 2.85 bits per heavy atom. The molecule has 0 bridgehead atoms. The zero-order valence-electron chi connectivity index (χ0n) is 10.8. The number of carbonyl (C=O) groups excluding carboxylic acids is 2. The summed E-state index contributed by atoms with van der Waals surface area (Å²) in [5, 5.41) is 6.12. The van der Waals surface area contributed by atoms with Crippen molar-refractivity contribution in [1.29, 1.82) is 0 Å². The van der Waals surface area contributed by atoms with E-state index >= 15 is 0 Å². The van der Waals surface area contributed by atoms with Crippen molar-refractivity contribution < 1.29 is 9.59 Å². The molecule has 20 heavy (non-hydrogen) atoms. The normalized spacial score (nSPS) is 15.6. The molecule has 1 aliphatic rings. The van der Waals surface area contributed by atoms with E-state index in [4.69, 9.17) is 11.6 Å². The maximum absolute atomic E-state index is 12.1. The van der Waals surface area contributed by atoms with Gasteiger partial charge in [-0.25, -0.2) is 0 Å². The number of hydrogen-bond acceptors (Lipinski definition) is 3. The smallest absolute Gasteiger partial charge is 0.313 e. The van der Waals surface area contributed by atoms with Gasteiger partial charge in [0.15, 0.2) is 0 Å². The molecule has 0 aliphatic carbocycles. The minimum atomic E-state index is -0.656. The molecule has 1 heterocycles. The topological polar surface area (TPSA) is 61.4 Å². The van der Waals surface area contributed by atoms with E-state index in [9.17, 15) is 9.59 Å². The zero-order valence-corrected chi connectivity index (χ0v) is 13.1. The summed E-state index contributed by atoms with van der Waals surface area (Å²) in [6.45, 7) is 2.70. The third-order valence-corrected chi connectivity index (χ3v) is 3.81. The molecule has 108 valence electrons. The van der Waals surface area contributed by atoms with E-state index < -0.39 is 11.8 Å². The summed E-state index contributed by atoms with van der Waals surface area (Å²) < 4.78 is 0.811. The van der Waals surface area contributed by atoms with E-state index in [0.29, 0.717) is 30.3 Å². The van der Waals surface area contributed by atoms with E-state index in [1.54, 1.807) is 23.1 Å². The SMILES string of the molecule is O=C(Nc1ccc(Br)cc1Cl)C(=O)N1CCCNCC1. The highest BCUT2D eigenvalue weighted by atomic mass is 79.9. The van der Waals surface area contributed by atoms with E-state index in [1.165, 1.54) is 0 Å². The zero-order chi connectivity index (χ0) is 14.5.